The van der Waals surface area contributed by atoms with Gasteiger partial charge in [0.25, 0.3) is 0 Å². The lowest BCUT2D eigenvalue weighted by Crippen LogP contribution is -1.98. The zero-order valence-electron chi connectivity index (χ0n) is 11.7. The quantitative estimate of drug-likeness (QED) is 0.680. The van der Waals surface area contributed by atoms with Crippen LogP contribution in [-0.2, 0) is 0 Å². The van der Waals surface area contributed by atoms with Gasteiger partial charge in [0.15, 0.2) is 0 Å². The summed E-state index contributed by atoms with van der Waals surface area (Å²) in [7, 11) is 1.69. The lowest BCUT2D eigenvalue weighted by Gasteiger charge is -2.12. The van der Waals surface area contributed by atoms with E-state index in [1.807, 2.05) is 18.2 Å². The van der Waals surface area contributed by atoms with E-state index in [1.165, 1.54) is 22.6 Å². The van der Waals surface area contributed by atoms with Crippen molar-refractivity contribution in [2.45, 2.75) is 6.92 Å². The predicted octanol–water partition coefficient (Wildman–Crippen LogP) is 4.46. The van der Waals surface area contributed by atoms with E-state index in [-0.39, 0.29) is 0 Å². The van der Waals surface area contributed by atoms with Crippen LogP contribution in [0.25, 0.3) is 16.9 Å². The molecule has 0 aliphatic carbocycles. The van der Waals surface area contributed by atoms with Crippen LogP contribution < -0.4 is 4.74 Å². The molecule has 0 spiro atoms. The molecule has 1 heterocycles. The van der Waals surface area contributed by atoms with Gasteiger partial charge in [-0.2, -0.15) is 0 Å². The highest BCUT2D eigenvalue weighted by atomic mass is 16.5. The number of aromatic nitrogens is 1. The summed E-state index contributed by atoms with van der Waals surface area (Å²) >= 11 is 0. The fraction of sp³-hybridized carbons (Fsp3) is 0.111. The minimum Gasteiger partial charge on any atom is -0.497 e. The van der Waals surface area contributed by atoms with Crippen LogP contribution in [0.1, 0.15) is 5.69 Å². The largest absolute Gasteiger partial charge is 0.497 e. The lowest BCUT2D eigenvalue weighted by atomic mass is 10.1. The topological polar surface area (TPSA) is 14.2 Å². The first kappa shape index (κ1) is 12.5. The van der Waals surface area contributed by atoms with Crippen molar-refractivity contribution in [1.29, 1.82) is 0 Å². The molecule has 0 N–H and O–H groups in total. The normalized spacial score (nSPS) is 10.5. The van der Waals surface area contributed by atoms with Crippen molar-refractivity contribution in [1.82, 2.24) is 4.57 Å². The van der Waals surface area contributed by atoms with Crippen LogP contribution in [0, 0.1) is 6.92 Å². The molecule has 1 aromatic heterocycles. The summed E-state index contributed by atoms with van der Waals surface area (Å²) in [5.74, 6) is 0.878. The highest BCUT2D eigenvalue weighted by Gasteiger charge is 2.09. The Hall–Kier alpha value is -2.48. The Kier molecular flexibility index (Phi) is 3.30. The molecule has 0 bridgehead atoms. The average molecular weight is 263 g/mol. The summed E-state index contributed by atoms with van der Waals surface area (Å²) in [5, 5.41) is 0. The standard InChI is InChI=1S/C18H17NO/c1-14-8-13-18(15-9-11-17(20-2)12-10-15)19(14)16-6-4-3-5-7-16/h3-13H,1-2H3. The second-order valence-electron chi connectivity index (χ2n) is 4.76. The highest BCUT2D eigenvalue weighted by Crippen LogP contribution is 2.27. The van der Waals surface area contributed by atoms with Crippen LogP contribution in [0.5, 0.6) is 5.75 Å². The van der Waals surface area contributed by atoms with Crippen molar-refractivity contribution in [2.24, 2.45) is 0 Å². The summed E-state index contributed by atoms with van der Waals surface area (Å²) in [5.41, 5.74) is 4.78. The van der Waals surface area contributed by atoms with E-state index in [2.05, 4.69) is 60.0 Å². The Labute approximate surface area is 119 Å². The van der Waals surface area contributed by atoms with Gasteiger partial charge in [-0.1, -0.05) is 18.2 Å². The average Bonchev–Trinajstić information content (AvgIpc) is 2.90. The molecule has 0 saturated heterocycles. The van der Waals surface area contributed by atoms with Gasteiger partial charge in [0.05, 0.1) is 12.8 Å². The Morgan fingerprint density at radius 2 is 1.50 bits per heavy atom. The van der Waals surface area contributed by atoms with Gasteiger partial charge < -0.3 is 9.30 Å². The third-order valence-corrected chi connectivity index (χ3v) is 3.48. The number of ether oxygens (including phenoxy) is 1. The van der Waals surface area contributed by atoms with Gasteiger partial charge in [-0.25, -0.2) is 0 Å². The maximum absolute atomic E-state index is 5.22. The molecule has 0 saturated carbocycles. The second kappa shape index (κ2) is 5.25. The Balaban J connectivity index is 2.11. The van der Waals surface area contributed by atoms with E-state index in [1.54, 1.807) is 7.11 Å². The van der Waals surface area contributed by atoms with Crippen molar-refractivity contribution in [2.75, 3.05) is 7.11 Å². The smallest absolute Gasteiger partial charge is 0.118 e. The van der Waals surface area contributed by atoms with Crippen molar-refractivity contribution < 1.29 is 4.74 Å². The van der Waals surface area contributed by atoms with Gasteiger partial charge in [-0.15, -0.1) is 0 Å². The first-order valence-electron chi connectivity index (χ1n) is 6.68. The molecule has 0 radical (unpaired) electrons. The summed E-state index contributed by atoms with van der Waals surface area (Å²) in [4.78, 5) is 0. The minimum absolute atomic E-state index is 0.878. The molecule has 0 aliphatic rings. The molecule has 2 nitrogen and oxygen atoms in total. The van der Waals surface area contributed by atoms with Crippen molar-refractivity contribution in [3.05, 3.63) is 72.4 Å². The SMILES string of the molecule is COc1ccc(-c2ccc(C)n2-c2ccccc2)cc1. The van der Waals surface area contributed by atoms with E-state index in [9.17, 15) is 0 Å². The molecule has 0 unspecified atom stereocenters. The molecular formula is C18H17NO. The van der Waals surface area contributed by atoms with Gasteiger partial charge in [0.2, 0.25) is 0 Å². The number of nitrogens with zero attached hydrogens (tertiary/aromatic N) is 1. The van der Waals surface area contributed by atoms with Crippen molar-refractivity contribution in [3.63, 3.8) is 0 Å². The van der Waals surface area contributed by atoms with E-state index in [0.29, 0.717) is 0 Å². The second-order valence-corrected chi connectivity index (χ2v) is 4.76. The molecule has 2 heteroatoms. The summed E-state index contributed by atoms with van der Waals surface area (Å²) in [6.45, 7) is 2.13. The molecule has 0 fully saturated rings. The molecular weight excluding hydrogens is 246 g/mol. The van der Waals surface area contributed by atoms with Crippen LogP contribution in [-0.4, -0.2) is 11.7 Å². The van der Waals surface area contributed by atoms with Crippen LogP contribution in [0.2, 0.25) is 0 Å². The van der Waals surface area contributed by atoms with Crippen LogP contribution in [0.3, 0.4) is 0 Å². The Morgan fingerprint density at radius 1 is 0.800 bits per heavy atom. The van der Waals surface area contributed by atoms with Crippen molar-refractivity contribution in [3.8, 4) is 22.7 Å². The number of hydrogen-bond donors (Lipinski definition) is 0. The van der Waals surface area contributed by atoms with Gasteiger partial charge in [-0.3, -0.25) is 0 Å². The van der Waals surface area contributed by atoms with Crippen molar-refractivity contribution >= 4 is 0 Å². The summed E-state index contributed by atoms with van der Waals surface area (Å²) in [6.07, 6.45) is 0. The number of benzene rings is 2. The number of para-hydroxylation sites is 1. The minimum atomic E-state index is 0.878. The molecule has 2 aromatic carbocycles. The van der Waals surface area contributed by atoms with Gasteiger partial charge in [-0.05, 0) is 61.0 Å². The maximum atomic E-state index is 5.22. The maximum Gasteiger partial charge on any atom is 0.118 e. The zero-order chi connectivity index (χ0) is 13.9. The monoisotopic (exact) mass is 263 g/mol. The zero-order valence-corrected chi connectivity index (χ0v) is 11.7. The first-order chi connectivity index (χ1) is 9.79. The summed E-state index contributed by atoms with van der Waals surface area (Å²) < 4.78 is 7.48. The van der Waals surface area contributed by atoms with E-state index >= 15 is 0 Å². The molecule has 3 rings (SSSR count). The summed E-state index contributed by atoms with van der Waals surface area (Å²) in [6, 6.07) is 22.9. The molecule has 100 valence electrons. The van der Waals surface area contributed by atoms with E-state index in [0.717, 1.165) is 5.75 Å². The third kappa shape index (κ3) is 2.21. The van der Waals surface area contributed by atoms with Crippen LogP contribution >= 0.6 is 0 Å². The van der Waals surface area contributed by atoms with Crippen LogP contribution in [0.15, 0.2) is 66.7 Å². The third-order valence-electron chi connectivity index (χ3n) is 3.48. The number of aryl methyl sites for hydroxylation is 1. The lowest BCUT2D eigenvalue weighted by molar-refractivity contribution is 0.415. The molecule has 3 aromatic rings. The van der Waals surface area contributed by atoms with E-state index in [4.69, 9.17) is 4.74 Å². The fourth-order valence-corrected chi connectivity index (χ4v) is 2.45. The van der Waals surface area contributed by atoms with Gasteiger partial charge in [0, 0.05) is 11.4 Å². The van der Waals surface area contributed by atoms with Gasteiger partial charge in [0.1, 0.15) is 5.75 Å². The first-order valence-corrected chi connectivity index (χ1v) is 6.68. The molecule has 20 heavy (non-hydrogen) atoms. The Morgan fingerprint density at radius 3 is 2.15 bits per heavy atom. The van der Waals surface area contributed by atoms with E-state index < -0.39 is 0 Å². The number of methoxy groups -OCH3 is 1. The van der Waals surface area contributed by atoms with Crippen LogP contribution in [0.4, 0.5) is 0 Å². The number of rotatable bonds is 3. The number of hydrogen-bond acceptors (Lipinski definition) is 1. The molecule has 0 aliphatic heterocycles. The molecule has 0 amide bonds. The fourth-order valence-electron chi connectivity index (χ4n) is 2.45. The highest BCUT2D eigenvalue weighted by molar-refractivity contribution is 5.65. The predicted molar refractivity (Wildman–Crippen MR) is 82.5 cm³/mol. The Bertz CT molecular complexity index is 696. The van der Waals surface area contributed by atoms with Gasteiger partial charge >= 0.3 is 0 Å². The molecule has 0 atom stereocenters.